The Morgan fingerprint density at radius 1 is 1.00 bits per heavy atom. The molecule has 0 saturated heterocycles. The summed E-state index contributed by atoms with van der Waals surface area (Å²) in [7, 11) is 2.30. The molecule has 1 aliphatic rings. The summed E-state index contributed by atoms with van der Waals surface area (Å²) in [5.41, 5.74) is 0.238. The molecule has 9 heteroatoms. The van der Waals surface area contributed by atoms with Crippen molar-refractivity contribution in [2.24, 2.45) is 0 Å². The van der Waals surface area contributed by atoms with Crippen LogP contribution in [0.3, 0.4) is 0 Å². The Bertz CT molecular complexity index is 1010. The highest BCUT2D eigenvalue weighted by molar-refractivity contribution is 6.13. The van der Waals surface area contributed by atoms with Crippen molar-refractivity contribution < 1.29 is 37.7 Å². The summed E-state index contributed by atoms with van der Waals surface area (Å²) in [6, 6.07) is 7.92. The molecule has 0 amide bonds. The summed E-state index contributed by atoms with van der Waals surface area (Å²) in [4.78, 5) is 36.8. The van der Waals surface area contributed by atoms with E-state index in [0.29, 0.717) is 24.7 Å². The third-order valence-electron chi connectivity index (χ3n) is 4.17. The molecule has 1 aliphatic heterocycles. The van der Waals surface area contributed by atoms with E-state index in [2.05, 4.69) is 14.8 Å². The van der Waals surface area contributed by atoms with Crippen LogP contribution >= 0.6 is 0 Å². The molecule has 2 aromatic rings. The van der Waals surface area contributed by atoms with Crippen LogP contribution in [0.1, 0.15) is 15.9 Å². The second kappa shape index (κ2) is 9.08. The van der Waals surface area contributed by atoms with Crippen LogP contribution in [-0.2, 0) is 19.1 Å². The van der Waals surface area contributed by atoms with E-state index in [-0.39, 0.29) is 22.5 Å². The van der Waals surface area contributed by atoms with Crippen molar-refractivity contribution in [3.8, 4) is 11.5 Å². The molecule has 0 atom stereocenters. The van der Waals surface area contributed by atoms with Crippen molar-refractivity contribution >= 4 is 23.4 Å². The van der Waals surface area contributed by atoms with Crippen LogP contribution in [0.5, 0.6) is 11.5 Å². The van der Waals surface area contributed by atoms with Gasteiger partial charge >= 0.3 is 11.9 Å². The van der Waals surface area contributed by atoms with E-state index in [1.54, 1.807) is 0 Å². The predicted molar refractivity (Wildman–Crippen MR) is 103 cm³/mol. The highest BCUT2D eigenvalue weighted by atomic mass is 19.1. The van der Waals surface area contributed by atoms with Gasteiger partial charge in [0.2, 0.25) is 0 Å². The molecule has 0 radical (unpaired) electrons. The molecule has 3 rings (SSSR count). The summed E-state index contributed by atoms with van der Waals surface area (Å²) in [6.45, 7) is 0.610. The van der Waals surface area contributed by atoms with E-state index in [1.165, 1.54) is 24.3 Å². The van der Waals surface area contributed by atoms with E-state index in [1.807, 2.05) is 0 Å². The fraction of sp³-hybridized carbons (Fsp3) is 0.190. The van der Waals surface area contributed by atoms with Crippen molar-refractivity contribution in [1.29, 1.82) is 0 Å². The zero-order chi connectivity index (χ0) is 21.7. The lowest BCUT2D eigenvalue weighted by Crippen LogP contribution is -2.19. The van der Waals surface area contributed by atoms with Crippen LogP contribution in [0.2, 0.25) is 0 Å². The number of methoxy groups -OCH3 is 2. The topological polar surface area (TPSA) is 100 Å². The van der Waals surface area contributed by atoms with Crippen molar-refractivity contribution in [2.45, 2.75) is 0 Å². The third kappa shape index (κ3) is 4.57. The molecule has 0 saturated carbocycles. The van der Waals surface area contributed by atoms with Gasteiger partial charge in [0.15, 0.2) is 17.3 Å². The number of ether oxygens (including phenoxy) is 4. The monoisotopic (exact) mass is 415 g/mol. The van der Waals surface area contributed by atoms with Crippen LogP contribution in [0.25, 0.3) is 0 Å². The lowest BCUT2D eigenvalue weighted by atomic mass is 10.0. The second-order valence-electron chi connectivity index (χ2n) is 6.08. The summed E-state index contributed by atoms with van der Waals surface area (Å²) in [5, 5.41) is 2.73. The van der Waals surface area contributed by atoms with Crippen LogP contribution in [0.4, 0.5) is 10.1 Å². The molecule has 156 valence electrons. The average Bonchev–Trinajstić information content (AvgIpc) is 2.77. The first-order valence-corrected chi connectivity index (χ1v) is 8.82. The molecule has 2 aromatic carbocycles. The lowest BCUT2D eigenvalue weighted by molar-refractivity contribution is -0.138. The molecule has 1 N–H and O–H groups in total. The van der Waals surface area contributed by atoms with Gasteiger partial charge in [-0.25, -0.2) is 14.0 Å². The number of carbonyl (C=O) groups is 3. The third-order valence-corrected chi connectivity index (χ3v) is 4.17. The van der Waals surface area contributed by atoms with Gasteiger partial charge in [0.1, 0.15) is 24.7 Å². The molecule has 0 spiro atoms. The summed E-state index contributed by atoms with van der Waals surface area (Å²) in [5.74, 6) is -1.91. The molecular weight excluding hydrogens is 397 g/mol. The van der Waals surface area contributed by atoms with Gasteiger partial charge in [-0.1, -0.05) is 0 Å². The SMILES string of the molecule is COC(=O)/C=C(/Nc1cc2c(cc1C(=O)c1ccc(F)cc1)OCCO2)C(=O)OC. The van der Waals surface area contributed by atoms with E-state index >= 15 is 0 Å². The number of esters is 2. The first-order valence-electron chi connectivity index (χ1n) is 8.82. The number of rotatable bonds is 6. The largest absolute Gasteiger partial charge is 0.486 e. The van der Waals surface area contributed by atoms with Gasteiger partial charge in [-0.05, 0) is 30.3 Å². The lowest BCUT2D eigenvalue weighted by Gasteiger charge is -2.21. The number of halogens is 1. The fourth-order valence-corrected chi connectivity index (χ4v) is 2.71. The van der Waals surface area contributed by atoms with E-state index in [0.717, 1.165) is 32.4 Å². The quantitative estimate of drug-likeness (QED) is 0.436. The molecule has 0 fully saturated rings. The van der Waals surface area contributed by atoms with Crippen molar-refractivity contribution in [1.82, 2.24) is 0 Å². The summed E-state index contributed by atoms with van der Waals surface area (Å²) >= 11 is 0. The zero-order valence-corrected chi connectivity index (χ0v) is 16.2. The minimum Gasteiger partial charge on any atom is -0.486 e. The van der Waals surface area contributed by atoms with Gasteiger partial charge in [-0.3, -0.25) is 4.79 Å². The van der Waals surface area contributed by atoms with Crippen molar-refractivity contribution in [2.75, 3.05) is 32.8 Å². The maximum atomic E-state index is 13.2. The van der Waals surface area contributed by atoms with Crippen LogP contribution in [-0.4, -0.2) is 45.2 Å². The maximum absolute atomic E-state index is 13.2. The highest BCUT2D eigenvalue weighted by Gasteiger charge is 2.23. The van der Waals surface area contributed by atoms with Crippen molar-refractivity contribution in [3.63, 3.8) is 0 Å². The Labute approximate surface area is 171 Å². The number of hydrogen-bond acceptors (Lipinski definition) is 8. The number of benzene rings is 2. The van der Waals surface area contributed by atoms with Crippen LogP contribution in [0, 0.1) is 5.82 Å². The van der Waals surface area contributed by atoms with Gasteiger partial charge in [0.05, 0.1) is 26.0 Å². The van der Waals surface area contributed by atoms with Crippen LogP contribution < -0.4 is 14.8 Å². The number of anilines is 1. The standard InChI is InChI=1S/C21H18FNO7/c1-27-19(24)11-16(21(26)28-2)23-15-10-18-17(29-7-8-30-18)9-14(15)20(25)12-3-5-13(22)6-4-12/h3-6,9-11,23H,7-8H2,1-2H3/b16-11+. The first-order chi connectivity index (χ1) is 14.4. The zero-order valence-electron chi connectivity index (χ0n) is 16.2. The molecule has 0 unspecified atom stereocenters. The Balaban J connectivity index is 2.08. The highest BCUT2D eigenvalue weighted by Crippen LogP contribution is 2.37. The molecular formula is C21H18FNO7. The minimum absolute atomic E-state index is 0.116. The Morgan fingerprint density at radius 3 is 2.23 bits per heavy atom. The second-order valence-corrected chi connectivity index (χ2v) is 6.08. The van der Waals surface area contributed by atoms with Gasteiger partial charge in [0, 0.05) is 17.2 Å². The summed E-state index contributed by atoms with van der Waals surface area (Å²) < 4.78 is 33.6. The Morgan fingerprint density at radius 2 is 1.63 bits per heavy atom. The molecule has 1 heterocycles. The fourth-order valence-electron chi connectivity index (χ4n) is 2.71. The van der Waals surface area contributed by atoms with Crippen LogP contribution in [0.15, 0.2) is 48.2 Å². The molecule has 0 aromatic heterocycles. The van der Waals surface area contributed by atoms with E-state index < -0.39 is 23.5 Å². The number of nitrogens with one attached hydrogen (secondary N) is 1. The number of hydrogen-bond donors (Lipinski definition) is 1. The normalized spacial score (nSPS) is 12.7. The summed E-state index contributed by atoms with van der Waals surface area (Å²) in [6.07, 6.45) is 0.898. The van der Waals surface area contributed by atoms with Gasteiger partial charge in [-0.15, -0.1) is 0 Å². The van der Waals surface area contributed by atoms with Gasteiger partial charge < -0.3 is 24.3 Å². The number of fused-ring (bicyclic) bond motifs is 1. The van der Waals surface area contributed by atoms with Gasteiger partial charge in [0.25, 0.3) is 0 Å². The van der Waals surface area contributed by atoms with Crippen molar-refractivity contribution in [3.05, 3.63) is 65.1 Å². The Hall–Kier alpha value is -3.88. The van der Waals surface area contributed by atoms with Gasteiger partial charge in [-0.2, -0.15) is 0 Å². The molecule has 8 nitrogen and oxygen atoms in total. The Kier molecular flexibility index (Phi) is 6.31. The minimum atomic E-state index is -0.851. The molecule has 30 heavy (non-hydrogen) atoms. The number of ketones is 1. The predicted octanol–water partition coefficient (Wildman–Crippen LogP) is 2.47. The molecule has 0 aliphatic carbocycles. The molecule has 0 bridgehead atoms. The smallest absolute Gasteiger partial charge is 0.354 e. The average molecular weight is 415 g/mol. The first kappa shape index (κ1) is 20.8. The number of carbonyl (C=O) groups excluding carboxylic acids is 3. The van der Waals surface area contributed by atoms with E-state index in [9.17, 15) is 18.8 Å². The maximum Gasteiger partial charge on any atom is 0.354 e. The van der Waals surface area contributed by atoms with E-state index in [4.69, 9.17) is 9.47 Å².